The summed E-state index contributed by atoms with van der Waals surface area (Å²) in [7, 11) is 0. The van der Waals surface area contributed by atoms with Crippen LogP contribution in [0.25, 0.3) is 28.0 Å². The van der Waals surface area contributed by atoms with Gasteiger partial charge in [0, 0.05) is 24.2 Å². The van der Waals surface area contributed by atoms with Gasteiger partial charge in [-0.3, -0.25) is 9.38 Å². The fourth-order valence-electron chi connectivity index (χ4n) is 2.52. The molecule has 0 atom stereocenters. The van der Waals surface area contributed by atoms with E-state index in [1.54, 1.807) is 6.20 Å². The average Bonchev–Trinajstić information content (AvgIpc) is 2.99. The van der Waals surface area contributed by atoms with Gasteiger partial charge in [0.05, 0.1) is 11.9 Å². The highest BCUT2D eigenvalue weighted by Crippen LogP contribution is 2.24. The molecule has 0 spiro atoms. The summed E-state index contributed by atoms with van der Waals surface area (Å²) in [4.78, 5) is 8.69. The van der Waals surface area contributed by atoms with Crippen LogP contribution in [0.3, 0.4) is 0 Å². The van der Waals surface area contributed by atoms with Gasteiger partial charge in [-0.15, -0.1) is 0 Å². The van der Waals surface area contributed by atoms with Gasteiger partial charge in [-0.05, 0) is 35.4 Å². The molecule has 0 fully saturated rings. The van der Waals surface area contributed by atoms with Gasteiger partial charge in [0.15, 0.2) is 0 Å². The lowest BCUT2D eigenvalue weighted by atomic mass is 10.1. The Balaban J connectivity index is 1.85. The van der Waals surface area contributed by atoms with Gasteiger partial charge in [-0.2, -0.15) is 0 Å². The molecule has 1 aromatic carbocycles. The van der Waals surface area contributed by atoms with Crippen molar-refractivity contribution in [1.29, 1.82) is 0 Å². The van der Waals surface area contributed by atoms with Crippen LogP contribution in [-0.4, -0.2) is 14.4 Å². The third kappa shape index (κ3) is 2.09. The van der Waals surface area contributed by atoms with Crippen molar-refractivity contribution in [2.24, 2.45) is 0 Å². The first kappa shape index (κ1) is 11.9. The van der Waals surface area contributed by atoms with Crippen LogP contribution < -0.4 is 0 Å². The number of pyridine rings is 2. The van der Waals surface area contributed by atoms with Gasteiger partial charge >= 0.3 is 0 Å². The lowest BCUT2D eigenvalue weighted by molar-refractivity contribution is 1.18. The first-order chi connectivity index (χ1) is 10.4. The number of hydrogen-bond acceptors (Lipinski definition) is 2. The summed E-state index contributed by atoms with van der Waals surface area (Å²) in [6.45, 7) is 0. The van der Waals surface area contributed by atoms with Crippen LogP contribution in [0.1, 0.15) is 0 Å². The van der Waals surface area contributed by atoms with Crippen LogP contribution in [0.4, 0.5) is 0 Å². The number of nitrogens with zero attached hydrogens (tertiary/aromatic N) is 3. The molecule has 3 heteroatoms. The minimum Gasteiger partial charge on any atom is -0.300 e. The van der Waals surface area contributed by atoms with E-state index >= 15 is 0 Å². The molecule has 0 saturated carbocycles. The van der Waals surface area contributed by atoms with E-state index in [4.69, 9.17) is 0 Å². The molecule has 21 heavy (non-hydrogen) atoms. The second-order valence-corrected chi connectivity index (χ2v) is 4.89. The molecule has 0 amide bonds. The Bertz CT molecular complexity index is 880. The summed E-state index contributed by atoms with van der Waals surface area (Å²) < 4.78 is 2.09. The molecule has 4 aromatic rings. The summed E-state index contributed by atoms with van der Waals surface area (Å²) in [6.07, 6.45) is 7.59. The highest BCUT2D eigenvalue weighted by molar-refractivity contribution is 5.70. The van der Waals surface area contributed by atoms with Gasteiger partial charge in [0.2, 0.25) is 0 Å². The lowest BCUT2D eigenvalue weighted by Gasteiger charge is -2.04. The Morgan fingerprint density at radius 1 is 0.762 bits per heavy atom. The maximum Gasteiger partial charge on any atom is 0.137 e. The third-order valence-corrected chi connectivity index (χ3v) is 3.58. The van der Waals surface area contributed by atoms with Crippen molar-refractivity contribution in [3.05, 3.63) is 79.4 Å². The van der Waals surface area contributed by atoms with Gasteiger partial charge in [0.25, 0.3) is 0 Å². The fourth-order valence-corrected chi connectivity index (χ4v) is 2.52. The van der Waals surface area contributed by atoms with E-state index < -0.39 is 0 Å². The summed E-state index contributed by atoms with van der Waals surface area (Å²) in [5.41, 5.74) is 5.43. The van der Waals surface area contributed by atoms with Crippen LogP contribution in [0.15, 0.2) is 79.4 Å². The average molecular weight is 271 g/mol. The first-order valence-corrected chi connectivity index (χ1v) is 6.85. The maximum atomic E-state index is 4.52. The van der Waals surface area contributed by atoms with Crippen LogP contribution in [0, 0.1) is 0 Å². The molecule has 4 rings (SSSR count). The van der Waals surface area contributed by atoms with Gasteiger partial charge in [-0.25, -0.2) is 4.98 Å². The Morgan fingerprint density at radius 3 is 2.43 bits per heavy atom. The molecule has 3 heterocycles. The van der Waals surface area contributed by atoms with Gasteiger partial charge < -0.3 is 0 Å². The number of hydrogen-bond donors (Lipinski definition) is 0. The number of fused-ring (bicyclic) bond motifs is 1. The Kier molecular flexibility index (Phi) is 2.75. The van der Waals surface area contributed by atoms with Crippen LogP contribution in [-0.2, 0) is 0 Å². The van der Waals surface area contributed by atoms with E-state index in [0.717, 1.165) is 16.9 Å². The van der Waals surface area contributed by atoms with Gasteiger partial charge in [0.1, 0.15) is 5.65 Å². The number of aromatic nitrogens is 3. The van der Waals surface area contributed by atoms with Crippen molar-refractivity contribution in [3.8, 4) is 22.4 Å². The lowest BCUT2D eigenvalue weighted by Crippen LogP contribution is -1.89. The zero-order chi connectivity index (χ0) is 14.1. The highest BCUT2D eigenvalue weighted by atomic mass is 15.0. The van der Waals surface area contributed by atoms with Crippen molar-refractivity contribution in [2.75, 3.05) is 0 Å². The van der Waals surface area contributed by atoms with Crippen molar-refractivity contribution < 1.29 is 0 Å². The second kappa shape index (κ2) is 4.87. The van der Waals surface area contributed by atoms with E-state index in [-0.39, 0.29) is 0 Å². The van der Waals surface area contributed by atoms with Crippen molar-refractivity contribution >= 4 is 5.65 Å². The van der Waals surface area contributed by atoms with E-state index in [1.807, 2.05) is 42.7 Å². The zero-order valence-corrected chi connectivity index (χ0v) is 11.3. The van der Waals surface area contributed by atoms with Crippen molar-refractivity contribution in [2.45, 2.75) is 0 Å². The molecule has 0 aliphatic heterocycles. The summed E-state index contributed by atoms with van der Waals surface area (Å²) in [5, 5.41) is 0. The van der Waals surface area contributed by atoms with E-state index in [9.17, 15) is 0 Å². The van der Waals surface area contributed by atoms with E-state index in [2.05, 4.69) is 44.8 Å². The van der Waals surface area contributed by atoms with E-state index in [0.29, 0.717) is 0 Å². The fraction of sp³-hybridized carbons (Fsp3) is 0. The van der Waals surface area contributed by atoms with Crippen molar-refractivity contribution in [3.63, 3.8) is 0 Å². The molecule has 0 radical (unpaired) electrons. The Morgan fingerprint density at radius 2 is 1.62 bits per heavy atom. The topological polar surface area (TPSA) is 30.2 Å². The quantitative estimate of drug-likeness (QED) is 0.550. The summed E-state index contributed by atoms with van der Waals surface area (Å²) in [6, 6.07) is 18.5. The van der Waals surface area contributed by atoms with E-state index in [1.165, 1.54) is 11.1 Å². The largest absolute Gasteiger partial charge is 0.300 e. The third-order valence-electron chi connectivity index (χ3n) is 3.58. The monoisotopic (exact) mass is 271 g/mol. The SMILES string of the molecule is c1ccc(-c2ccn3c(-c4cccnc4)cnc3c2)cc1. The van der Waals surface area contributed by atoms with Crippen LogP contribution >= 0.6 is 0 Å². The molecule has 0 aliphatic rings. The number of imidazole rings is 1. The number of rotatable bonds is 2. The Hall–Kier alpha value is -2.94. The molecule has 0 bridgehead atoms. The first-order valence-electron chi connectivity index (χ1n) is 6.85. The zero-order valence-electron chi connectivity index (χ0n) is 11.3. The predicted octanol–water partition coefficient (Wildman–Crippen LogP) is 4.06. The predicted molar refractivity (Wildman–Crippen MR) is 83.9 cm³/mol. The smallest absolute Gasteiger partial charge is 0.137 e. The number of benzene rings is 1. The molecular formula is C18H13N3. The van der Waals surface area contributed by atoms with Crippen molar-refractivity contribution in [1.82, 2.24) is 14.4 Å². The summed E-state index contributed by atoms with van der Waals surface area (Å²) in [5.74, 6) is 0. The van der Waals surface area contributed by atoms with Crippen LogP contribution in [0.5, 0.6) is 0 Å². The molecule has 0 N–H and O–H groups in total. The minimum absolute atomic E-state index is 0.940. The molecule has 3 aromatic heterocycles. The maximum absolute atomic E-state index is 4.52. The molecule has 0 unspecified atom stereocenters. The summed E-state index contributed by atoms with van der Waals surface area (Å²) >= 11 is 0. The standard InChI is InChI=1S/C18H13N3/c1-2-5-14(6-3-1)15-8-10-21-17(13-20-18(21)11-15)16-7-4-9-19-12-16/h1-13H. The Labute approximate surface area is 122 Å². The molecule has 0 saturated heterocycles. The molecule has 100 valence electrons. The minimum atomic E-state index is 0.940. The normalized spacial score (nSPS) is 10.9. The van der Waals surface area contributed by atoms with Crippen LogP contribution in [0.2, 0.25) is 0 Å². The molecular weight excluding hydrogens is 258 g/mol. The molecule has 3 nitrogen and oxygen atoms in total. The molecule has 0 aliphatic carbocycles. The second-order valence-electron chi connectivity index (χ2n) is 4.89. The highest BCUT2D eigenvalue weighted by Gasteiger charge is 2.07. The van der Waals surface area contributed by atoms with Gasteiger partial charge in [-0.1, -0.05) is 30.3 Å².